The van der Waals surface area contributed by atoms with Gasteiger partial charge in [0.15, 0.2) is 5.78 Å². The molecule has 164 valence electrons. The molecule has 0 fully saturated rings. The summed E-state index contributed by atoms with van der Waals surface area (Å²) < 4.78 is 3.57. The van der Waals surface area contributed by atoms with Gasteiger partial charge in [-0.15, -0.1) is 0 Å². The average Bonchev–Trinajstić information content (AvgIpc) is 3.35. The largest absolute Gasteiger partial charge is 0.320 e. The van der Waals surface area contributed by atoms with Crippen LogP contribution in [0.15, 0.2) is 60.9 Å². The Morgan fingerprint density at radius 3 is 2.67 bits per heavy atom. The van der Waals surface area contributed by atoms with Crippen molar-refractivity contribution in [3.63, 3.8) is 0 Å². The first-order chi connectivity index (χ1) is 15.9. The number of nitrogens with one attached hydrogen (secondary N) is 1. The van der Waals surface area contributed by atoms with Gasteiger partial charge in [0, 0.05) is 22.8 Å². The second-order valence-electron chi connectivity index (χ2n) is 8.01. The number of imidazole rings is 1. The molecule has 0 aliphatic rings. The van der Waals surface area contributed by atoms with Gasteiger partial charge in [0.1, 0.15) is 11.3 Å². The van der Waals surface area contributed by atoms with Gasteiger partial charge in [-0.2, -0.15) is 5.10 Å². The quantitative estimate of drug-likeness (QED) is 0.415. The third-order valence-corrected chi connectivity index (χ3v) is 5.61. The Bertz CT molecular complexity index is 1550. The number of Topliss-reactive ketones (excluding diaryl/α,β-unsaturated/α-hetero) is 1. The summed E-state index contributed by atoms with van der Waals surface area (Å²) in [7, 11) is 0. The van der Waals surface area contributed by atoms with Gasteiger partial charge in [-0.3, -0.25) is 23.7 Å². The van der Waals surface area contributed by atoms with Gasteiger partial charge < -0.3 is 5.32 Å². The van der Waals surface area contributed by atoms with Crippen LogP contribution in [0.1, 0.15) is 44.9 Å². The number of hydrogen-bond donors (Lipinski definition) is 1. The zero-order valence-corrected chi connectivity index (χ0v) is 18.5. The van der Waals surface area contributed by atoms with E-state index < -0.39 is 0 Å². The van der Waals surface area contributed by atoms with Crippen molar-refractivity contribution in [3.05, 3.63) is 89.3 Å². The maximum absolute atomic E-state index is 13.1. The fourth-order valence-electron chi connectivity index (χ4n) is 4.04. The Labute approximate surface area is 189 Å². The van der Waals surface area contributed by atoms with Crippen molar-refractivity contribution < 1.29 is 9.59 Å². The van der Waals surface area contributed by atoms with E-state index in [1.54, 1.807) is 22.7 Å². The molecular weight excluding hydrogens is 416 g/mol. The van der Waals surface area contributed by atoms with Crippen LogP contribution in [0.4, 0.5) is 5.69 Å². The third-order valence-electron chi connectivity index (χ3n) is 5.61. The van der Waals surface area contributed by atoms with Gasteiger partial charge in [0.2, 0.25) is 0 Å². The molecule has 1 N–H and O–H groups in total. The van der Waals surface area contributed by atoms with Crippen molar-refractivity contribution in [2.45, 2.75) is 27.3 Å². The summed E-state index contributed by atoms with van der Waals surface area (Å²) in [4.78, 5) is 33.6. The molecule has 1 amide bonds. The van der Waals surface area contributed by atoms with Crippen molar-refractivity contribution in [2.75, 3.05) is 5.32 Å². The van der Waals surface area contributed by atoms with Gasteiger partial charge in [-0.05, 0) is 57.2 Å². The normalized spacial score (nSPS) is 11.2. The number of ketones is 1. The molecule has 8 heteroatoms. The van der Waals surface area contributed by atoms with Crippen LogP contribution in [0.3, 0.4) is 0 Å². The Morgan fingerprint density at radius 1 is 1.06 bits per heavy atom. The summed E-state index contributed by atoms with van der Waals surface area (Å²) in [5.74, 6) is -0.343. The van der Waals surface area contributed by atoms with Gasteiger partial charge in [0.25, 0.3) is 5.91 Å². The van der Waals surface area contributed by atoms with Crippen molar-refractivity contribution in [2.24, 2.45) is 0 Å². The lowest BCUT2D eigenvalue weighted by Crippen LogP contribution is -2.14. The van der Waals surface area contributed by atoms with Gasteiger partial charge in [0.05, 0.1) is 35.3 Å². The van der Waals surface area contributed by atoms with Crippen LogP contribution in [-0.4, -0.2) is 35.8 Å². The van der Waals surface area contributed by atoms with Gasteiger partial charge in [-0.1, -0.05) is 12.1 Å². The molecule has 0 bridgehead atoms. The van der Waals surface area contributed by atoms with E-state index in [9.17, 15) is 9.59 Å². The highest BCUT2D eigenvalue weighted by Gasteiger charge is 2.17. The van der Waals surface area contributed by atoms with E-state index in [0.29, 0.717) is 29.1 Å². The monoisotopic (exact) mass is 438 g/mol. The van der Waals surface area contributed by atoms with E-state index in [0.717, 1.165) is 28.0 Å². The molecule has 0 atom stereocenters. The summed E-state index contributed by atoms with van der Waals surface area (Å²) in [6, 6.07) is 15.0. The second kappa shape index (κ2) is 7.98. The average molecular weight is 438 g/mol. The van der Waals surface area contributed by atoms with Crippen molar-refractivity contribution in [3.8, 4) is 0 Å². The molecule has 33 heavy (non-hydrogen) atoms. The Kier molecular flexibility index (Phi) is 4.97. The standard InChI is InChI=1S/C25H22N6O2/c1-15-6-4-7-19(27-15)14-31-21-9-5-8-20(24(21)16(2)29-31)28-25(33)22-13-26-23-12-18(17(3)32)10-11-30(22)23/h4-13H,14H2,1-3H3,(H,28,33). The number of nitrogens with zero attached hydrogens (tertiary/aromatic N) is 5. The second-order valence-corrected chi connectivity index (χ2v) is 8.01. The van der Waals surface area contributed by atoms with E-state index in [1.165, 1.54) is 13.1 Å². The van der Waals surface area contributed by atoms with E-state index in [-0.39, 0.29) is 11.7 Å². The number of hydrogen-bond acceptors (Lipinski definition) is 5. The molecule has 8 nitrogen and oxygen atoms in total. The van der Waals surface area contributed by atoms with Crippen LogP contribution in [0.25, 0.3) is 16.6 Å². The minimum absolute atomic E-state index is 0.0495. The smallest absolute Gasteiger partial charge is 0.274 e. The molecule has 0 aliphatic carbocycles. The first-order valence-corrected chi connectivity index (χ1v) is 10.6. The van der Waals surface area contributed by atoms with Gasteiger partial charge in [-0.25, -0.2) is 4.98 Å². The highest BCUT2D eigenvalue weighted by atomic mass is 16.2. The van der Waals surface area contributed by atoms with Crippen LogP contribution in [-0.2, 0) is 6.54 Å². The number of anilines is 1. The molecule has 4 aromatic heterocycles. The maximum Gasteiger partial charge on any atom is 0.274 e. The molecule has 1 aromatic carbocycles. The number of aryl methyl sites for hydroxylation is 2. The zero-order chi connectivity index (χ0) is 23.1. The number of carbonyl (C=O) groups is 2. The number of amides is 1. The van der Waals surface area contributed by atoms with Crippen LogP contribution >= 0.6 is 0 Å². The SMILES string of the molecule is CC(=O)c1ccn2c(C(=O)Nc3cccc4c3c(C)nn4Cc3cccc(C)n3)cnc2c1. The number of fused-ring (bicyclic) bond motifs is 2. The molecule has 0 radical (unpaired) electrons. The summed E-state index contributed by atoms with van der Waals surface area (Å²) in [6.07, 6.45) is 3.20. The van der Waals surface area contributed by atoms with Crippen LogP contribution in [0.2, 0.25) is 0 Å². The molecule has 5 rings (SSSR count). The zero-order valence-electron chi connectivity index (χ0n) is 18.5. The Balaban J connectivity index is 1.48. The number of benzene rings is 1. The van der Waals surface area contributed by atoms with Crippen LogP contribution in [0, 0.1) is 13.8 Å². The number of aromatic nitrogens is 5. The van der Waals surface area contributed by atoms with Crippen LogP contribution in [0.5, 0.6) is 0 Å². The number of rotatable bonds is 5. The molecule has 0 aliphatic heterocycles. The topological polar surface area (TPSA) is 94.2 Å². The number of pyridine rings is 2. The molecule has 4 heterocycles. The van der Waals surface area contributed by atoms with E-state index in [2.05, 4.69) is 15.3 Å². The van der Waals surface area contributed by atoms with Crippen LogP contribution < -0.4 is 5.32 Å². The molecular formula is C25H22N6O2. The minimum Gasteiger partial charge on any atom is -0.320 e. The number of carbonyl (C=O) groups excluding carboxylic acids is 2. The fraction of sp³-hybridized carbons (Fsp3) is 0.160. The minimum atomic E-state index is -0.293. The van der Waals surface area contributed by atoms with Crippen molar-refractivity contribution >= 4 is 33.9 Å². The Hall–Kier alpha value is -4.33. The summed E-state index contributed by atoms with van der Waals surface area (Å²) in [6.45, 7) is 5.93. The van der Waals surface area contributed by atoms with E-state index in [4.69, 9.17) is 5.10 Å². The lowest BCUT2D eigenvalue weighted by atomic mass is 10.1. The summed E-state index contributed by atoms with van der Waals surface area (Å²) >= 11 is 0. The van der Waals surface area contributed by atoms with E-state index in [1.807, 2.05) is 54.9 Å². The van der Waals surface area contributed by atoms with Gasteiger partial charge >= 0.3 is 0 Å². The predicted molar refractivity (Wildman–Crippen MR) is 126 cm³/mol. The molecule has 0 unspecified atom stereocenters. The highest BCUT2D eigenvalue weighted by molar-refractivity contribution is 6.09. The predicted octanol–water partition coefficient (Wildman–Crippen LogP) is 4.20. The summed E-state index contributed by atoms with van der Waals surface area (Å²) in [5, 5.41) is 8.59. The molecule has 0 saturated heterocycles. The van der Waals surface area contributed by atoms with Crippen molar-refractivity contribution in [1.29, 1.82) is 0 Å². The fourth-order valence-corrected chi connectivity index (χ4v) is 4.04. The summed E-state index contributed by atoms with van der Waals surface area (Å²) in [5.41, 5.74) is 5.76. The van der Waals surface area contributed by atoms with Crippen molar-refractivity contribution in [1.82, 2.24) is 24.1 Å². The maximum atomic E-state index is 13.1. The molecule has 5 aromatic rings. The van der Waals surface area contributed by atoms with E-state index >= 15 is 0 Å². The third kappa shape index (κ3) is 3.76. The highest BCUT2D eigenvalue weighted by Crippen LogP contribution is 2.28. The lowest BCUT2D eigenvalue weighted by molar-refractivity contribution is 0.101. The molecule has 0 spiro atoms. The first kappa shape index (κ1) is 20.6. The molecule has 0 saturated carbocycles. The lowest BCUT2D eigenvalue weighted by Gasteiger charge is -2.08. The first-order valence-electron chi connectivity index (χ1n) is 10.6. The Morgan fingerprint density at radius 2 is 1.88 bits per heavy atom.